The standard InChI is InChI=1S/C12H26N2.C2H4.2CH4/c1-5-14(4)12-10-8-6-7-9-11(12)13(2)3;1-2;;/h11-12H,5-10H2,1-4H3;1-2H2;2*1H4/t11?,12-;;;/m0.../s1. The highest BCUT2D eigenvalue weighted by molar-refractivity contribution is 4.85. The second-order valence-electron chi connectivity index (χ2n) is 4.81. The molecule has 1 aliphatic carbocycles. The monoisotopic (exact) mass is 258 g/mol. The Hall–Kier alpha value is -0.340. The van der Waals surface area contributed by atoms with Gasteiger partial charge in [0.25, 0.3) is 0 Å². The number of hydrogen-bond donors (Lipinski definition) is 0. The summed E-state index contributed by atoms with van der Waals surface area (Å²) in [5.41, 5.74) is 0. The molecule has 1 fully saturated rings. The first-order chi connectivity index (χ1) is 7.66. The largest absolute Gasteiger partial charge is 0.305 e. The Morgan fingerprint density at radius 2 is 1.33 bits per heavy atom. The zero-order valence-electron chi connectivity index (χ0n) is 11.7. The third-order valence-electron chi connectivity index (χ3n) is 3.67. The second kappa shape index (κ2) is 13.1. The van der Waals surface area contributed by atoms with E-state index in [1.807, 2.05) is 0 Å². The van der Waals surface area contributed by atoms with Gasteiger partial charge in [0, 0.05) is 12.1 Å². The van der Waals surface area contributed by atoms with E-state index < -0.39 is 0 Å². The van der Waals surface area contributed by atoms with Crippen LogP contribution < -0.4 is 0 Å². The molecule has 0 aromatic heterocycles. The van der Waals surface area contributed by atoms with Gasteiger partial charge in [-0.25, -0.2) is 0 Å². The third-order valence-corrected chi connectivity index (χ3v) is 3.67. The molecule has 0 aromatic carbocycles. The molecule has 0 saturated heterocycles. The Bertz CT molecular complexity index is 168. The van der Waals surface area contributed by atoms with Crippen LogP contribution in [0.1, 0.15) is 53.9 Å². The molecule has 1 saturated carbocycles. The minimum Gasteiger partial charge on any atom is -0.305 e. The van der Waals surface area contributed by atoms with Gasteiger partial charge >= 0.3 is 0 Å². The average molecular weight is 258 g/mol. The number of rotatable bonds is 3. The minimum atomic E-state index is 0. The molecule has 0 heterocycles. The molecule has 0 aromatic rings. The van der Waals surface area contributed by atoms with Crippen molar-refractivity contribution in [1.29, 1.82) is 0 Å². The summed E-state index contributed by atoms with van der Waals surface area (Å²) in [5, 5.41) is 0. The van der Waals surface area contributed by atoms with Crippen LogP contribution in [0.25, 0.3) is 0 Å². The molecular formula is C16H38N2. The van der Waals surface area contributed by atoms with Crippen molar-refractivity contribution in [3.05, 3.63) is 13.2 Å². The van der Waals surface area contributed by atoms with Gasteiger partial charge in [0.05, 0.1) is 0 Å². The van der Waals surface area contributed by atoms with Gasteiger partial charge in [-0.2, -0.15) is 0 Å². The molecule has 0 N–H and O–H groups in total. The quantitative estimate of drug-likeness (QED) is 0.551. The molecule has 0 amide bonds. The minimum absolute atomic E-state index is 0. The van der Waals surface area contributed by atoms with Crippen molar-refractivity contribution in [2.75, 3.05) is 27.7 Å². The summed E-state index contributed by atoms with van der Waals surface area (Å²) >= 11 is 0. The molecule has 0 radical (unpaired) electrons. The highest BCUT2D eigenvalue weighted by atomic mass is 15.2. The lowest BCUT2D eigenvalue weighted by molar-refractivity contribution is 0.127. The van der Waals surface area contributed by atoms with E-state index in [2.05, 4.69) is 51.0 Å². The molecule has 0 bridgehead atoms. The van der Waals surface area contributed by atoms with Crippen LogP contribution >= 0.6 is 0 Å². The van der Waals surface area contributed by atoms with Gasteiger partial charge < -0.3 is 9.80 Å². The maximum Gasteiger partial charge on any atom is 0.0248 e. The fourth-order valence-electron chi connectivity index (χ4n) is 2.62. The number of hydrogen-bond acceptors (Lipinski definition) is 2. The molecule has 2 heteroatoms. The van der Waals surface area contributed by atoms with Crippen LogP contribution in [-0.4, -0.2) is 49.6 Å². The Morgan fingerprint density at radius 1 is 0.889 bits per heavy atom. The van der Waals surface area contributed by atoms with E-state index in [9.17, 15) is 0 Å². The third kappa shape index (κ3) is 7.17. The molecule has 1 aliphatic rings. The number of likely N-dealkylation sites (N-methyl/N-ethyl adjacent to an activating group) is 2. The van der Waals surface area contributed by atoms with Crippen molar-refractivity contribution < 1.29 is 0 Å². The topological polar surface area (TPSA) is 6.48 Å². The molecule has 1 rings (SSSR count). The lowest BCUT2D eigenvalue weighted by Gasteiger charge is -2.36. The van der Waals surface area contributed by atoms with Crippen LogP contribution in [0, 0.1) is 0 Å². The van der Waals surface area contributed by atoms with E-state index in [4.69, 9.17) is 0 Å². The van der Waals surface area contributed by atoms with Crippen LogP contribution in [-0.2, 0) is 0 Å². The molecular weight excluding hydrogens is 220 g/mol. The molecule has 0 spiro atoms. The predicted molar refractivity (Wildman–Crippen MR) is 87.4 cm³/mol. The summed E-state index contributed by atoms with van der Waals surface area (Å²) in [6.45, 7) is 9.44. The number of nitrogens with zero attached hydrogens (tertiary/aromatic N) is 2. The molecule has 2 nitrogen and oxygen atoms in total. The molecule has 0 aliphatic heterocycles. The summed E-state index contributed by atoms with van der Waals surface area (Å²) in [7, 11) is 6.73. The lowest BCUT2D eigenvalue weighted by Crippen LogP contribution is -2.47. The Kier molecular flexibility index (Phi) is 16.6. The van der Waals surface area contributed by atoms with Crippen molar-refractivity contribution in [3.8, 4) is 0 Å². The van der Waals surface area contributed by atoms with Crippen molar-refractivity contribution in [1.82, 2.24) is 9.80 Å². The van der Waals surface area contributed by atoms with Crippen molar-refractivity contribution >= 4 is 0 Å². The first kappa shape index (κ1) is 22.8. The van der Waals surface area contributed by atoms with Crippen molar-refractivity contribution in [2.45, 2.75) is 66.0 Å². The van der Waals surface area contributed by atoms with E-state index in [-0.39, 0.29) is 14.9 Å². The van der Waals surface area contributed by atoms with E-state index >= 15 is 0 Å². The first-order valence-corrected chi connectivity index (χ1v) is 6.53. The average Bonchev–Trinajstić information content (AvgIpc) is 2.56. The molecule has 112 valence electrons. The Balaban J connectivity index is -0.000000534. The second-order valence-corrected chi connectivity index (χ2v) is 4.81. The summed E-state index contributed by atoms with van der Waals surface area (Å²) in [6, 6.07) is 1.54. The van der Waals surface area contributed by atoms with Gasteiger partial charge in [-0.15, -0.1) is 13.2 Å². The van der Waals surface area contributed by atoms with Crippen LogP contribution in [0.5, 0.6) is 0 Å². The van der Waals surface area contributed by atoms with Gasteiger partial charge in [-0.05, 0) is 40.5 Å². The normalized spacial score (nSPS) is 23.2. The van der Waals surface area contributed by atoms with Crippen molar-refractivity contribution in [2.24, 2.45) is 0 Å². The smallest absolute Gasteiger partial charge is 0.0248 e. The zero-order valence-corrected chi connectivity index (χ0v) is 11.7. The predicted octanol–water partition coefficient (Wildman–Crippen LogP) is 4.28. The summed E-state index contributed by atoms with van der Waals surface area (Å²) in [6.07, 6.45) is 7.02. The van der Waals surface area contributed by atoms with Crippen LogP contribution in [0.3, 0.4) is 0 Å². The maximum atomic E-state index is 3.00. The summed E-state index contributed by atoms with van der Waals surface area (Å²) in [4.78, 5) is 4.94. The van der Waals surface area contributed by atoms with Crippen molar-refractivity contribution in [3.63, 3.8) is 0 Å². The van der Waals surface area contributed by atoms with E-state index in [1.54, 1.807) is 0 Å². The highest BCUT2D eigenvalue weighted by Crippen LogP contribution is 2.24. The van der Waals surface area contributed by atoms with Gasteiger partial charge in [-0.1, -0.05) is 41.0 Å². The van der Waals surface area contributed by atoms with Crippen LogP contribution in [0.15, 0.2) is 13.2 Å². The van der Waals surface area contributed by atoms with E-state index in [0.717, 1.165) is 12.1 Å². The highest BCUT2D eigenvalue weighted by Gasteiger charge is 2.27. The molecule has 1 unspecified atom stereocenters. The molecule has 2 atom stereocenters. The maximum absolute atomic E-state index is 3.00. The first-order valence-electron chi connectivity index (χ1n) is 6.53. The zero-order chi connectivity index (χ0) is 12.6. The SMILES string of the molecule is C.C.C=C.CCN(C)[C@H]1CCCCCC1N(C)C. The van der Waals surface area contributed by atoms with Gasteiger partial charge in [0.1, 0.15) is 0 Å². The fourth-order valence-corrected chi connectivity index (χ4v) is 2.62. The fraction of sp³-hybridized carbons (Fsp3) is 0.875. The van der Waals surface area contributed by atoms with Crippen LogP contribution in [0.2, 0.25) is 0 Å². The van der Waals surface area contributed by atoms with Gasteiger partial charge in [0.2, 0.25) is 0 Å². The lowest BCUT2D eigenvalue weighted by atomic mass is 10.0. The van der Waals surface area contributed by atoms with E-state index in [1.165, 1.54) is 38.6 Å². The van der Waals surface area contributed by atoms with Crippen LogP contribution in [0.4, 0.5) is 0 Å². The van der Waals surface area contributed by atoms with Gasteiger partial charge in [0.15, 0.2) is 0 Å². The van der Waals surface area contributed by atoms with E-state index in [0.29, 0.717) is 0 Å². The Morgan fingerprint density at radius 3 is 1.72 bits per heavy atom. The van der Waals surface area contributed by atoms with Gasteiger partial charge in [-0.3, -0.25) is 0 Å². The molecule has 18 heavy (non-hydrogen) atoms. The Labute approximate surface area is 117 Å². The summed E-state index contributed by atoms with van der Waals surface area (Å²) < 4.78 is 0. The summed E-state index contributed by atoms with van der Waals surface area (Å²) in [5.74, 6) is 0.